The number of nitrogen functional groups attached to an aromatic ring is 1. The van der Waals surface area contributed by atoms with Gasteiger partial charge in [0.25, 0.3) is 0 Å². The number of aryl methyl sites for hydroxylation is 1. The maximum absolute atomic E-state index is 12.3. The second-order valence-corrected chi connectivity index (χ2v) is 4.47. The number of hydrogen-bond acceptors (Lipinski definition) is 2. The molecule has 2 aromatic carbocycles. The fourth-order valence-corrected chi connectivity index (χ4v) is 1.98. The molecule has 0 aromatic heterocycles. The molecule has 0 unspecified atom stereocenters. The van der Waals surface area contributed by atoms with E-state index in [4.69, 9.17) is 17.3 Å². The largest absolute Gasteiger partial charge is 0.398 e. The summed E-state index contributed by atoms with van der Waals surface area (Å²) in [6, 6.07) is 12.6. The number of rotatable bonds is 3. The zero-order valence-electron chi connectivity index (χ0n) is 10.1. The summed E-state index contributed by atoms with van der Waals surface area (Å²) in [6.45, 7) is 2.07. The lowest BCUT2D eigenvalue weighted by molar-refractivity contribution is 0.103. The van der Waals surface area contributed by atoms with E-state index in [1.54, 1.807) is 18.2 Å². The van der Waals surface area contributed by atoms with Crippen LogP contribution in [-0.4, -0.2) is 5.78 Å². The van der Waals surface area contributed by atoms with E-state index in [2.05, 4.69) is 6.92 Å². The van der Waals surface area contributed by atoms with Crippen molar-refractivity contribution in [3.8, 4) is 0 Å². The minimum Gasteiger partial charge on any atom is -0.398 e. The van der Waals surface area contributed by atoms with Crippen LogP contribution in [0.25, 0.3) is 0 Å². The molecule has 2 rings (SSSR count). The van der Waals surface area contributed by atoms with E-state index in [-0.39, 0.29) is 5.78 Å². The van der Waals surface area contributed by atoms with Gasteiger partial charge in [0.05, 0.1) is 10.7 Å². The number of anilines is 1. The number of nitrogens with two attached hydrogens (primary N) is 1. The highest BCUT2D eigenvalue weighted by Gasteiger charge is 2.13. The van der Waals surface area contributed by atoms with Gasteiger partial charge in [-0.3, -0.25) is 4.79 Å². The molecule has 0 spiro atoms. The quantitative estimate of drug-likeness (QED) is 0.674. The Balaban J connectivity index is 2.38. The van der Waals surface area contributed by atoms with Crippen LogP contribution in [-0.2, 0) is 6.42 Å². The Kier molecular flexibility index (Phi) is 3.68. The van der Waals surface area contributed by atoms with E-state index in [9.17, 15) is 4.79 Å². The summed E-state index contributed by atoms with van der Waals surface area (Å²) in [6.07, 6.45) is 0.952. The molecule has 18 heavy (non-hydrogen) atoms. The molecule has 0 amide bonds. The lowest BCUT2D eigenvalue weighted by Crippen LogP contribution is -2.03. The van der Waals surface area contributed by atoms with Gasteiger partial charge in [-0.15, -0.1) is 0 Å². The molecule has 0 atom stereocenters. The summed E-state index contributed by atoms with van der Waals surface area (Å²) in [5, 5.41) is 0.321. The summed E-state index contributed by atoms with van der Waals surface area (Å²) >= 11 is 6.05. The molecule has 0 saturated carbocycles. The van der Waals surface area contributed by atoms with Crippen LogP contribution in [0, 0.1) is 0 Å². The van der Waals surface area contributed by atoms with Crippen LogP contribution in [0.2, 0.25) is 5.02 Å². The molecule has 0 heterocycles. The van der Waals surface area contributed by atoms with Crippen molar-refractivity contribution in [1.29, 1.82) is 0 Å². The number of ketones is 1. The van der Waals surface area contributed by atoms with Crippen molar-refractivity contribution in [2.24, 2.45) is 0 Å². The van der Waals surface area contributed by atoms with E-state index in [1.807, 2.05) is 24.3 Å². The number of benzene rings is 2. The fraction of sp³-hybridized carbons (Fsp3) is 0.133. The molecule has 0 aliphatic carbocycles. The van der Waals surface area contributed by atoms with Crippen LogP contribution in [0.1, 0.15) is 28.4 Å². The Bertz CT molecular complexity index is 576. The molecule has 2 aromatic rings. The summed E-state index contributed by atoms with van der Waals surface area (Å²) in [5.41, 5.74) is 8.39. The first-order valence-electron chi connectivity index (χ1n) is 5.81. The Hall–Kier alpha value is -1.80. The van der Waals surface area contributed by atoms with Gasteiger partial charge < -0.3 is 5.73 Å². The number of carbonyl (C=O) groups is 1. The van der Waals surface area contributed by atoms with Crippen LogP contribution >= 0.6 is 11.6 Å². The third kappa shape index (κ3) is 2.39. The molecular formula is C15H14ClNO. The SMILES string of the molecule is CCc1ccc(C(=O)c2cccc(N)c2Cl)cc1. The van der Waals surface area contributed by atoms with Gasteiger partial charge in [0.2, 0.25) is 0 Å². The molecule has 0 radical (unpaired) electrons. The van der Waals surface area contributed by atoms with Gasteiger partial charge >= 0.3 is 0 Å². The average Bonchev–Trinajstić information content (AvgIpc) is 2.41. The highest BCUT2D eigenvalue weighted by molar-refractivity contribution is 6.37. The van der Waals surface area contributed by atoms with E-state index >= 15 is 0 Å². The zero-order chi connectivity index (χ0) is 13.1. The monoisotopic (exact) mass is 259 g/mol. The molecule has 92 valence electrons. The van der Waals surface area contributed by atoms with Gasteiger partial charge in [-0.1, -0.05) is 48.9 Å². The molecule has 0 aliphatic rings. The third-order valence-electron chi connectivity index (χ3n) is 2.90. The second-order valence-electron chi connectivity index (χ2n) is 4.09. The van der Waals surface area contributed by atoms with E-state index < -0.39 is 0 Å². The number of hydrogen-bond donors (Lipinski definition) is 1. The van der Waals surface area contributed by atoms with Crippen LogP contribution in [0.4, 0.5) is 5.69 Å². The molecular weight excluding hydrogens is 246 g/mol. The highest BCUT2D eigenvalue weighted by Crippen LogP contribution is 2.25. The lowest BCUT2D eigenvalue weighted by atomic mass is 10.0. The predicted octanol–water partition coefficient (Wildman–Crippen LogP) is 3.72. The van der Waals surface area contributed by atoms with Gasteiger partial charge in [0.1, 0.15) is 0 Å². The van der Waals surface area contributed by atoms with Crippen molar-refractivity contribution in [2.45, 2.75) is 13.3 Å². The molecule has 0 aliphatic heterocycles. The fourth-order valence-electron chi connectivity index (χ4n) is 1.77. The maximum Gasteiger partial charge on any atom is 0.194 e. The second kappa shape index (κ2) is 5.23. The van der Waals surface area contributed by atoms with Crippen molar-refractivity contribution in [2.75, 3.05) is 5.73 Å². The molecule has 3 heteroatoms. The Morgan fingerprint density at radius 3 is 2.44 bits per heavy atom. The highest BCUT2D eigenvalue weighted by atomic mass is 35.5. The van der Waals surface area contributed by atoms with Gasteiger partial charge in [0.15, 0.2) is 5.78 Å². The van der Waals surface area contributed by atoms with Gasteiger partial charge in [0, 0.05) is 11.1 Å². The number of halogens is 1. The van der Waals surface area contributed by atoms with Crippen molar-refractivity contribution in [3.63, 3.8) is 0 Å². The normalized spacial score (nSPS) is 10.3. The first-order valence-corrected chi connectivity index (χ1v) is 6.19. The Morgan fingerprint density at radius 2 is 1.83 bits per heavy atom. The lowest BCUT2D eigenvalue weighted by Gasteiger charge is -2.06. The van der Waals surface area contributed by atoms with Crippen LogP contribution < -0.4 is 5.73 Å². The first-order chi connectivity index (χ1) is 8.63. The van der Waals surface area contributed by atoms with Crippen LogP contribution in [0.3, 0.4) is 0 Å². The molecule has 0 saturated heterocycles. The standard InChI is InChI=1S/C15H14ClNO/c1-2-10-6-8-11(9-7-10)15(18)12-4-3-5-13(17)14(12)16/h3-9H,2,17H2,1H3. The summed E-state index contributed by atoms with van der Waals surface area (Å²) in [4.78, 5) is 12.3. The molecule has 0 fully saturated rings. The predicted molar refractivity (Wildman–Crippen MR) is 75.1 cm³/mol. The molecule has 2 N–H and O–H groups in total. The van der Waals surface area contributed by atoms with E-state index in [0.29, 0.717) is 21.8 Å². The van der Waals surface area contributed by atoms with Crippen molar-refractivity contribution in [3.05, 3.63) is 64.2 Å². The smallest absolute Gasteiger partial charge is 0.194 e. The summed E-state index contributed by atoms with van der Waals surface area (Å²) in [5.74, 6) is -0.102. The van der Waals surface area contributed by atoms with Gasteiger partial charge in [-0.25, -0.2) is 0 Å². The van der Waals surface area contributed by atoms with E-state index in [1.165, 1.54) is 5.56 Å². The van der Waals surface area contributed by atoms with Crippen molar-refractivity contribution in [1.82, 2.24) is 0 Å². The third-order valence-corrected chi connectivity index (χ3v) is 3.32. The Labute approximate surface area is 111 Å². The average molecular weight is 260 g/mol. The summed E-state index contributed by atoms with van der Waals surface area (Å²) in [7, 11) is 0. The van der Waals surface area contributed by atoms with Crippen molar-refractivity contribution >= 4 is 23.1 Å². The first kappa shape index (κ1) is 12.7. The van der Waals surface area contributed by atoms with E-state index in [0.717, 1.165) is 6.42 Å². The van der Waals surface area contributed by atoms with Gasteiger partial charge in [-0.05, 0) is 24.1 Å². The van der Waals surface area contributed by atoms with Crippen molar-refractivity contribution < 1.29 is 4.79 Å². The Morgan fingerprint density at radius 1 is 1.17 bits per heavy atom. The topological polar surface area (TPSA) is 43.1 Å². The number of carbonyl (C=O) groups excluding carboxylic acids is 1. The van der Waals surface area contributed by atoms with Gasteiger partial charge in [-0.2, -0.15) is 0 Å². The van der Waals surface area contributed by atoms with Crippen LogP contribution in [0.5, 0.6) is 0 Å². The maximum atomic E-state index is 12.3. The zero-order valence-corrected chi connectivity index (χ0v) is 10.9. The summed E-state index contributed by atoms with van der Waals surface area (Å²) < 4.78 is 0. The molecule has 0 bridgehead atoms. The minimum atomic E-state index is -0.102. The minimum absolute atomic E-state index is 0.102. The molecule has 2 nitrogen and oxygen atoms in total. The van der Waals surface area contributed by atoms with Crippen LogP contribution in [0.15, 0.2) is 42.5 Å².